The number of hydrogen-bond donors (Lipinski definition) is 3. The SMILES string of the molecule is OCCCCNCc1cccc2c1NCCC2. The van der Waals surface area contributed by atoms with Crippen molar-refractivity contribution in [3.63, 3.8) is 0 Å². The Balaban J connectivity index is 1.87. The van der Waals surface area contributed by atoms with E-state index in [2.05, 4.69) is 28.8 Å². The van der Waals surface area contributed by atoms with E-state index in [9.17, 15) is 0 Å². The number of aliphatic hydroxyl groups is 1. The number of anilines is 1. The summed E-state index contributed by atoms with van der Waals surface area (Å²) < 4.78 is 0. The normalized spacial score (nSPS) is 14.2. The van der Waals surface area contributed by atoms with Gasteiger partial charge in [0.15, 0.2) is 0 Å². The van der Waals surface area contributed by atoms with E-state index in [1.165, 1.54) is 29.7 Å². The van der Waals surface area contributed by atoms with Crippen LogP contribution in [0.2, 0.25) is 0 Å². The summed E-state index contributed by atoms with van der Waals surface area (Å²) in [7, 11) is 0. The van der Waals surface area contributed by atoms with Gasteiger partial charge in [-0.3, -0.25) is 0 Å². The van der Waals surface area contributed by atoms with Crippen molar-refractivity contribution in [2.45, 2.75) is 32.2 Å². The molecule has 0 aromatic heterocycles. The summed E-state index contributed by atoms with van der Waals surface area (Å²) in [6, 6.07) is 6.56. The third-order valence-electron chi connectivity index (χ3n) is 3.24. The van der Waals surface area contributed by atoms with E-state index in [1.807, 2.05) is 0 Å². The van der Waals surface area contributed by atoms with Gasteiger partial charge in [0.25, 0.3) is 0 Å². The maximum absolute atomic E-state index is 8.70. The van der Waals surface area contributed by atoms with Crippen molar-refractivity contribution in [2.24, 2.45) is 0 Å². The highest BCUT2D eigenvalue weighted by molar-refractivity contribution is 5.59. The fourth-order valence-electron chi connectivity index (χ4n) is 2.31. The summed E-state index contributed by atoms with van der Waals surface area (Å²) in [5, 5.41) is 15.6. The van der Waals surface area contributed by atoms with E-state index in [4.69, 9.17) is 5.11 Å². The van der Waals surface area contributed by atoms with E-state index in [-0.39, 0.29) is 0 Å². The minimum atomic E-state index is 0.296. The summed E-state index contributed by atoms with van der Waals surface area (Å²) in [6.45, 7) is 3.28. The third kappa shape index (κ3) is 3.45. The number of para-hydroxylation sites is 1. The van der Waals surface area contributed by atoms with Gasteiger partial charge in [-0.05, 0) is 43.4 Å². The van der Waals surface area contributed by atoms with Crippen LogP contribution in [-0.4, -0.2) is 24.8 Å². The van der Waals surface area contributed by atoms with E-state index in [0.29, 0.717) is 6.61 Å². The van der Waals surface area contributed by atoms with Gasteiger partial charge in [-0.2, -0.15) is 0 Å². The molecule has 17 heavy (non-hydrogen) atoms. The molecule has 0 bridgehead atoms. The summed E-state index contributed by atoms with van der Waals surface area (Å²) in [4.78, 5) is 0. The molecule has 1 aromatic rings. The molecule has 2 rings (SSSR count). The predicted octanol–water partition coefficient (Wildman–Crippen LogP) is 1.91. The van der Waals surface area contributed by atoms with Crippen molar-refractivity contribution in [1.82, 2.24) is 5.32 Å². The highest BCUT2D eigenvalue weighted by atomic mass is 16.2. The van der Waals surface area contributed by atoms with Crippen LogP contribution in [0.25, 0.3) is 0 Å². The van der Waals surface area contributed by atoms with Crippen molar-refractivity contribution < 1.29 is 5.11 Å². The molecule has 0 radical (unpaired) electrons. The lowest BCUT2D eigenvalue weighted by molar-refractivity contribution is 0.283. The average molecular weight is 234 g/mol. The van der Waals surface area contributed by atoms with Crippen LogP contribution in [0.3, 0.4) is 0 Å². The molecule has 1 aromatic carbocycles. The molecular formula is C14H22N2O. The molecule has 3 nitrogen and oxygen atoms in total. The second kappa shape index (κ2) is 6.62. The molecule has 0 fully saturated rings. The van der Waals surface area contributed by atoms with Crippen LogP contribution in [0.5, 0.6) is 0 Å². The Morgan fingerprint density at radius 2 is 2.24 bits per heavy atom. The number of fused-ring (bicyclic) bond motifs is 1. The summed E-state index contributed by atoms with van der Waals surface area (Å²) in [6.07, 6.45) is 4.36. The van der Waals surface area contributed by atoms with Gasteiger partial charge in [0.1, 0.15) is 0 Å². The molecule has 0 saturated heterocycles. The second-order valence-electron chi connectivity index (χ2n) is 4.59. The monoisotopic (exact) mass is 234 g/mol. The minimum Gasteiger partial charge on any atom is -0.396 e. The van der Waals surface area contributed by atoms with Crippen LogP contribution >= 0.6 is 0 Å². The maximum Gasteiger partial charge on any atom is 0.0431 e. The van der Waals surface area contributed by atoms with Gasteiger partial charge in [-0.1, -0.05) is 18.2 Å². The standard InChI is InChI=1S/C14H22N2O/c17-10-2-1-8-15-11-13-6-3-5-12-7-4-9-16-14(12)13/h3,5-6,15-17H,1-2,4,7-11H2. The van der Waals surface area contributed by atoms with E-state index >= 15 is 0 Å². The van der Waals surface area contributed by atoms with Gasteiger partial charge in [0.05, 0.1) is 0 Å². The van der Waals surface area contributed by atoms with Gasteiger partial charge >= 0.3 is 0 Å². The third-order valence-corrected chi connectivity index (χ3v) is 3.24. The van der Waals surface area contributed by atoms with Crippen molar-refractivity contribution in [3.8, 4) is 0 Å². The molecule has 3 heteroatoms. The summed E-state index contributed by atoms with van der Waals surface area (Å²) >= 11 is 0. The van der Waals surface area contributed by atoms with Crippen LogP contribution in [0.4, 0.5) is 5.69 Å². The maximum atomic E-state index is 8.70. The van der Waals surface area contributed by atoms with Gasteiger partial charge in [-0.25, -0.2) is 0 Å². The van der Waals surface area contributed by atoms with E-state index in [1.54, 1.807) is 0 Å². The molecule has 0 atom stereocenters. The molecule has 0 aliphatic carbocycles. The molecular weight excluding hydrogens is 212 g/mol. The van der Waals surface area contributed by atoms with Crippen molar-refractivity contribution in [3.05, 3.63) is 29.3 Å². The molecule has 1 aliphatic rings. The molecule has 0 saturated carbocycles. The van der Waals surface area contributed by atoms with Crippen LogP contribution in [0.1, 0.15) is 30.4 Å². The Morgan fingerprint density at radius 1 is 1.29 bits per heavy atom. The Morgan fingerprint density at radius 3 is 3.12 bits per heavy atom. The van der Waals surface area contributed by atoms with Crippen molar-refractivity contribution in [1.29, 1.82) is 0 Å². The number of unbranched alkanes of at least 4 members (excludes halogenated alkanes) is 1. The molecule has 94 valence electrons. The van der Waals surface area contributed by atoms with Crippen LogP contribution in [0, 0.1) is 0 Å². The molecule has 1 aliphatic heterocycles. The largest absolute Gasteiger partial charge is 0.396 e. The number of aryl methyl sites for hydroxylation is 1. The number of benzene rings is 1. The first-order valence-corrected chi connectivity index (χ1v) is 6.58. The average Bonchev–Trinajstić information content (AvgIpc) is 2.39. The lowest BCUT2D eigenvalue weighted by Crippen LogP contribution is -2.19. The Hall–Kier alpha value is -1.06. The Bertz CT molecular complexity index is 352. The fraction of sp³-hybridized carbons (Fsp3) is 0.571. The first-order chi connectivity index (χ1) is 8.42. The number of nitrogens with one attached hydrogen (secondary N) is 2. The first kappa shape index (κ1) is 12.4. The minimum absolute atomic E-state index is 0.296. The summed E-state index contributed by atoms with van der Waals surface area (Å²) in [5.74, 6) is 0. The molecule has 0 amide bonds. The van der Waals surface area contributed by atoms with Crippen LogP contribution < -0.4 is 10.6 Å². The second-order valence-corrected chi connectivity index (χ2v) is 4.59. The molecule has 0 unspecified atom stereocenters. The lowest BCUT2D eigenvalue weighted by Gasteiger charge is -2.21. The van der Waals surface area contributed by atoms with Gasteiger partial charge in [-0.15, -0.1) is 0 Å². The molecule has 1 heterocycles. The predicted molar refractivity (Wildman–Crippen MR) is 71.3 cm³/mol. The van der Waals surface area contributed by atoms with Gasteiger partial charge < -0.3 is 15.7 Å². The number of rotatable bonds is 6. The lowest BCUT2D eigenvalue weighted by atomic mass is 9.99. The zero-order chi connectivity index (χ0) is 11.9. The van der Waals surface area contributed by atoms with Crippen LogP contribution in [0.15, 0.2) is 18.2 Å². The highest BCUT2D eigenvalue weighted by Gasteiger charge is 2.11. The van der Waals surface area contributed by atoms with Crippen molar-refractivity contribution >= 4 is 5.69 Å². The highest BCUT2D eigenvalue weighted by Crippen LogP contribution is 2.25. The zero-order valence-corrected chi connectivity index (χ0v) is 10.3. The van der Waals surface area contributed by atoms with Crippen molar-refractivity contribution in [2.75, 3.05) is 25.0 Å². The van der Waals surface area contributed by atoms with Gasteiger partial charge in [0.2, 0.25) is 0 Å². The first-order valence-electron chi connectivity index (χ1n) is 6.58. The topological polar surface area (TPSA) is 44.3 Å². The smallest absolute Gasteiger partial charge is 0.0431 e. The zero-order valence-electron chi connectivity index (χ0n) is 10.3. The number of aliphatic hydroxyl groups excluding tert-OH is 1. The molecule has 0 spiro atoms. The fourth-order valence-corrected chi connectivity index (χ4v) is 2.31. The molecule has 3 N–H and O–H groups in total. The van der Waals surface area contributed by atoms with E-state index in [0.717, 1.165) is 32.5 Å². The Kier molecular flexibility index (Phi) is 4.83. The Labute approximate surface area is 103 Å². The summed E-state index contributed by atoms with van der Waals surface area (Å²) in [5.41, 5.74) is 4.16. The van der Waals surface area contributed by atoms with E-state index < -0.39 is 0 Å². The van der Waals surface area contributed by atoms with Crippen LogP contribution in [-0.2, 0) is 13.0 Å². The van der Waals surface area contributed by atoms with Gasteiger partial charge in [0, 0.05) is 25.4 Å². The number of hydrogen-bond acceptors (Lipinski definition) is 3. The quantitative estimate of drug-likeness (QED) is 0.659.